The minimum absolute atomic E-state index is 0.0225. The molecule has 0 aromatic carbocycles. The zero-order valence-electron chi connectivity index (χ0n) is 6.74. The molecule has 1 heteroatoms. The van der Waals surface area contributed by atoms with Crippen LogP contribution in [-0.4, -0.2) is 24.2 Å². The molecule has 0 heterocycles. The van der Waals surface area contributed by atoms with Gasteiger partial charge in [-0.1, -0.05) is 0 Å². The molecule has 0 aliphatic rings. The van der Waals surface area contributed by atoms with Gasteiger partial charge in [-0.2, -0.15) is 0 Å². The summed E-state index contributed by atoms with van der Waals surface area (Å²) >= 11 is -0.0225. The summed E-state index contributed by atoms with van der Waals surface area (Å²) in [7, 11) is 0. The molecule has 0 unspecified atom stereocenters. The fraction of sp³-hybridized carbons (Fsp3) is 1.00. The van der Waals surface area contributed by atoms with E-state index in [0.717, 1.165) is 0 Å². The van der Waals surface area contributed by atoms with E-state index in [0.29, 0.717) is 0 Å². The van der Waals surface area contributed by atoms with Gasteiger partial charge in [0, 0.05) is 0 Å². The molecule has 0 rings (SSSR count). The van der Waals surface area contributed by atoms with Gasteiger partial charge >= 0.3 is 71.7 Å². The van der Waals surface area contributed by atoms with Crippen LogP contribution in [0.1, 0.15) is 39.5 Å². The van der Waals surface area contributed by atoms with E-state index in [9.17, 15) is 0 Å². The van der Waals surface area contributed by atoms with Crippen LogP contribution in [0, 0.1) is 0 Å². The standard InChI is InChI=1S/C6H13.C2H5.Pb/c1-3-5-6-4-2;1-2;/h1,3-6H2,2H3;1H2,2H3;. The quantitative estimate of drug-likeness (QED) is 0.521. The molecule has 0 aromatic rings. The average Bonchev–Trinajstić information content (AvgIpc) is 1.89. The Balaban J connectivity index is 2.60. The first kappa shape index (κ1) is 9.92. The second kappa shape index (κ2) is 8.92. The van der Waals surface area contributed by atoms with Crippen molar-refractivity contribution in [3.05, 3.63) is 0 Å². The Hall–Kier alpha value is 0.922. The molecular weight excluding hydrogens is 303 g/mol. The van der Waals surface area contributed by atoms with E-state index in [1.165, 1.54) is 19.3 Å². The van der Waals surface area contributed by atoms with E-state index in [1.54, 1.807) is 14.4 Å². The number of hydrogen-bond donors (Lipinski definition) is 0. The molecule has 9 heavy (non-hydrogen) atoms. The Bertz CT molecular complexity index is 37.8. The summed E-state index contributed by atoms with van der Waals surface area (Å²) in [6.07, 6.45) is 5.90. The van der Waals surface area contributed by atoms with E-state index >= 15 is 0 Å². The Labute approximate surface area is 71.6 Å². The molecule has 2 radical (unpaired) electrons. The zero-order chi connectivity index (χ0) is 6.95. The Kier molecular flexibility index (Phi) is 9.84. The van der Waals surface area contributed by atoms with Crippen LogP contribution in [0.5, 0.6) is 0 Å². The molecule has 0 aliphatic carbocycles. The van der Waals surface area contributed by atoms with Gasteiger partial charge in [-0.05, 0) is 0 Å². The van der Waals surface area contributed by atoms with E-state index in [4.69, 9.17) is 0 Å². The first-order valence-corrected chi connectivity index (χ1v) is 9.62. The van der Waals surface area contributed by atoms with Crippen molar-refractivity contribution in [1.82, 2.24) is 0 Å². The first-order valence-electron chi connectivity index (χ1n) is 4.12. The van der Waals surface area contributed by atoms with Gasteiger partial charge < -0.3 is 0 Å². The van der Waals surface area contributed by atoms with Crippen molar-refractivity contribution in [3.8, 4) is 0 Å². The molecule has 0 nitrogen and oxygen atoms in total. The van der Waals surface area contributed by atoms with Crippen LogP contribution in [0.15, 0.2) is 0 Å². The second-order valence-corrected chi connectivity index (χ2v) is 9.05. The molecule has 0 saturated heterocycles. The maximum absolute atomic E-state index is 2.35. The predicted molar refractivity (Wildman–Crippen MR) is 45.2 cm³/mol. The number of hydrogen-bond acceptors (Lipinski definition) is 0. The molecule has 0 aliphatic heterocycles. The van der Waals surface area contributed by atoms with Crippen molar-refractivity contribution < 1.29 is 0 Å². The Morgan fingerprint density at radius 1 is 1.00 bits per heavy atom. The van der Waals surface area contributed by atoms with Crippen LogP contribution in [0.25, 0.3) is 0 Å². The molecular formula is C8H18Pb. The molecule has 0 fully saturated rings. The average molecular weight is 321 g/mol. The van der Waals surface area contributed by atoms with Crippen LogP contribution < -0.4 is 0 Å². The summed E-state index contributed by atoms with van der Waals surface area (Å²) in [6.45, 7) is 4.63. The molecule has 0 amide bonds. The molecule has 0 saturated carbocycles. The summed E-state index contributed by atoms with van der Waals surface area (Å²) in [5.74, 6) is 0. The van der Waals surface area contributed by atoms with Gasteiger partial charge in [0.05, 0.1) is 0 Å². The third-order valence-corrected chi connectivity index (χ3v) is 6.15. The molecule has 0 aromatic heterocycles. The van der Waals surface area contributed by atoms with Crippen LogP contribution in [-0.2, 0) is 0 Å². The fourth-order valence-corrected chi connectivity index (χ4v) is 4.17. The van der Waals surface area contributed by atoms with Crippen molar-refractivity contribution in [2.75, 3.05) is 0 Å². The van der Waals surface area contributed by atoms with Crippen LogP contribution >= 0.6 is 0 Å². The molecule has 54 valence electrons. The van der Waals surface area contributed by atoms with Gasteiger partial charge in [-0.25, -0.2) is 0 Å². The second-order valence-electron chi connectivity index (χ2n) is 2.41. The van der Waals surface area contributed by atoms with Gasteiger partial charge in [0.2, 0.25) is 0 Å². The summed E-state index contributed by atoms with van der Waals surface area (Å²) in [6, 6.07) is 0. The minimum atomic E-state index is -0.0225. The SMILES string of the molecule is CCCCC[CH2][Pb][CH2]C. The molecule has 0 bridgehead atoms. The van der Waals surface area contributed by atoms with Crippen molar-refractivity contribution in [2.24, 2.45) is 0 Å². The number of rotatable bonds is 6. The van der Waals surface area contributed by atoms with Crippen molar-refractivity contribution >= 4 is 24.2 Å². The van der Waals surface area contributed by atoms with Gasteiger partial charge in [0.1, 0.15) is 0 Å². The number of unbranched alkanes of at least 4 members (excludes halogenated alkanes) is 3. The van der Waals surface area contributed by atoms with Crippen molar-refractivity contribution in [3.63, 3.8) is 0 Å². The van der Waals surface area contributed by atoms with Gasteiger partial charge in [0.15, 0.2) is 0 Å². The third kappa shape index (κ3) is 8.92. The monoisotopic (exact) mass is 322 g/mol. The van der Waals surface area contributed by atoms with Gasteiger partial charge in [-0.15, -0.1) is 0 Å². The Morgan fingerprint density at radius 2 is 1.78 bits per heavy atom. The van der Waals surface area contributed by atoms with Gasteiger partial charge in [-0.3, -0.25) is 0 Å². The third-order valence-electron chi connectivity index (χ3n) is 1.46. The molecule has 0 N–H and O–H groups in total. The summed E-state index contributed by atoms with van der Waals surface area (Å²) in [4.78, 5) is 0. The van der Waals surface area contributed by atoms with Crippen LogP contribution in [0.4, 0.5) is 0 Å². The normalized spacial score (nSPS) is 10.0. The summed E-state index contributed by atoms with van der Waals surface area (Å²) in [5.41, 5.74) is 0. The van der Waals surface area contributed by atoms with E-state index in [-0.39, 0.29) is 24.2 Å². The van der Waals surface area contributed by atoms with E-state index < -0.39 is 0 Å². The predicted octanol–water partition coefficient (Wildman–Crippen LogP) is 3.13. The van der Waals surface area contributed by atoms with Crippen molar-refractivity contribution in [1.29, 1.82) is 0 Å². The van der Waals surface area contributed by atoms with Crippen LogP contribution in [0.3, 0.4) is 0 Å². The summed E-state index contributed by atoms with van der Waals surface area (Å²) in [5, 5.41) is 0. The van der Waals surface area contributed by atoms with Gasteiger partial charge in [0.25, 0.3) is 0 Å². The first-order chi connectivity index (χ1) is 4.41. The van der Waals surface area contributed by atoms with Crippen molar-refractivity contribution in [2.45, 2.75) is 47.5 Å². The molecule has 0 atom stereocenters. The van der Waals surface area contributed by atoms with Crippen LogP contribution in [0.2, 0.25) is 7.96 Å². The fourth-order valence-electron chi connectivity index (χ4n) is 0.854. The topological polar surface area (TPSA) is 0 Å². The molecule has 0 spiro atoms. The van der Waals surface area contributed by atoms with E-state index in [1.807, 2.05) is 0 Å². The summed E-state index contributed by atoms with van der Waals surface area (Å²) < 4.78 is 3.21. The Morgan fingerprint density at radius 3 is 2.33 bits per heavy atom. The zero-order valence-corrected chi connectivity index (χ0v) is 10.6. The van der Waals surface area contributed by atoms with E-state index in [2.05, 4.69) is 13.8 Å². The maximum atomic E-state index is 2.35.